The molecule has 0 unspecified atom stereocenters. The molecule has 1 rings (SSSR count). The third-order valence-electron chi connectivity index (χ3n) is 2.84. The van der Waals surface area contributed by atoms with Crippen LogP contribution in [0.1, 0.15) is 20.3 Å². The first-order valence-electron chi connectivity index (χ1n) is 5.76. The molecule has 0 amide bonds. The molecular weight excluding hydrogens is 236 g/mol. The van der Waals surface area contributed by atoms with Crippen molar-refractivity contribution in [3.8, 4) is 5.75 Å². The van der Waals surface area contributed by atoms with Crippen LogP contribution < -0.4 is 15.8 Å². The van der Waals surface area contributed by atoms with Crippen molar-refractivity contribution in [3.05, 3.63) is 23.2 Å². The van der Waals surface area contributed by atoms with Crippen LogP contribution in [0.15, 0.2) is 18.2 Å². The largest absolute Gasteiger partial charge is 0.495 e. The second kappa shape index (κ2) is 6.12. The predicted octanol–water partition coefficient (Wildman–Crippen LogP) is 3.14. The number of rotatable bonds is 6. The molecule has 3 N–H and O–H groups in total. The molecule has 96 valence electrons. The van der Waals surface area contributed by atoms with Crippen LogP contribution in [-0.2, 0) is 0 Å². The zero-order valence-corrected chi connectivity index (χ0v) is 11.5. The molecule has 0 heterocycles. The fourth-order valence-electron chi connectivity index (χ4n) is 1.42. The molecule has 0 fully saturated rings. The van der Waals surface area contributed by atoms with E-state index >= 15 is 0 Å². The number of nitrogens with one attached hydrogen (secondary N) is 1. The summed E-state index contributed by atoms with van der Waals surface area (Å²) < 4.78 is 5.10. The fourth-order valence-corrected chi connectivity index (χ4v) is 1.68. The summed E-state index contributed by atoms with van der Waals surface area (Å²) in [4.78, 5) is 0. The Kier molecular flexibility index (Phi) is 5.09. The topological polar surface area (TPSA) is 47.3 Å². The van der Waals surface area contributed by atoms with Crippen LogP contribution in [0.4, 0.5) is 5.69 Å². The SMILES string of the molecule is COc1ccc(NCCC(C)(C)CN)cc1Cl. The van der Waals surface area contributed by atoms with E-state index in [1.807, 2.05) is 18.2 Å². The van der Waals surface area contributed by atoms with E-state index in [9.17, 15) is 0 Å². The third-order valence-corrected chi connectivity index (χ3v) is 3.13. The van der Waals surface area contributed by atoms with Crippen LogP contribution in [0.5, 0.6) is 5.75 Å². The van der Waals surface area contributed by atoms with Gasteiger partial charge in [-0.25, -0.2) is 0 Å². The van der Waals surface area contributed by atoms with Crippen molar-refractivity contribution in [1.82, 2.24) is 0 Å². The minimum absolute atomic E-state index is 0.170. The zero-order chi connectivity index (χ0) is 12.9. The monoisotopic (exact) mass is 256 g/mol. The molecule has 4 heteroatoms. The molecule has 0 aliphatic carbocycles. The van der Waals surface area contributed by atoms with Crippen molar-refractivity contribution in [3.63, 3.8) is 0 Å². The molecule has 0 aromatic heterocycles. The van der Waals surface area contributed by atoms with Gasteiger partial charge in [-0.1, -0.05) is 25.4 Å². The molecule has 0 aliphatic rings. The lowest BCUT2D eigenvalue weighted by Gasteiger charge is -2.22. The lowest BCUT2D eigenvalue weighted by atomic mass is 9.90. The van der Waals surface area contributed by atoms with Crippen LogP contribution in [0.25, 0.3) is 0 Å². The summed E-state index contributed by atoms with van der Waals surface area (Å²) in [5, 5.41) is 3.95. The second-order valence-electron chi connectivity index (χ2n) is 4.89. The van der Waals surface area contributed by atoms with Gasteiger partial charge in [0.2, 0.25) is 0 Å². The fraction of sp³-hybridized carbons (Fsp3) is 0.538. The van der Waals surface area contributed by atoms with Crippen molar-refractivity contribution >= 4 is 17.3 Å². The van der Waals surface area contributed by atoms with E-state index in [0.29, 0.717) is 17.3 Å². The number of hydrogen-bond acceptors (Lipinski definition) is 3. The Hall–Kier alpha value is -0.930. The predicted molar refractivity (Wildman–Crippen MR) is 73.9 cm³/mol. The highest BCUT2D eigenvalue weighted by Gasteiger charge is 2.14. The Morgan fingerprint density at radius 1 is 1.41 bits per heavy atom. The zero-order valence-electron chi connectivity index (χ0n) is 10.7. The van der Waals surface area contributed by atoms with Crippen molar-refractivity contribution in [2.24, 2.45) is 11.1 Å². The smallest absolute Gasteiger partial charge is 0.137 e. The van der Waals surface area contributed by atoms with Crippen LogP contribution in [-0.4, -0.2) is 20.2 Å². The summed E-state index contributed by atoms with van der Waals surface area (Å²) in [6, 6.07) is 5.69. The van der Waals surface area contributed by atoms with E-state index < -0.39 is 0 Å². The molecule has 3 nitrogen and oxygen atoms in total. The Morgan fingerprint density at radius 2 is 2.12 bits per heavy atom. The number of ether oxygens (including phenoxy) is 1. The van der Waals surface area contributed by atoms with E-state index in [4.69, 9.17) is 22.1 Å². The highest BCUT2D eigenvalue weighted by atomic mass is 35.5. The van der Waals surface area contributed by atoms with Crippen LogP contribution in [0.3, 0.4) is 0 Å². The average molecular weight is 257 g/mol. The van der Waals surface area contributed by atoms with Gasteiger partial charge < -0.3 is 15.8 Å². The number of methoxy groups -OCH3 is 1. The van der Waals surface area contributed by atoms with Crippen molar-refractivity contribution in [1.29, 1.82) is 0 Å². The number of hydrogen-bond donors (Lipinski definition) is 2. The first-order chi connectivity index (χ1) is 7.98. The summed E-state index contributed by atoms with van der Waals surface area (Å²) in [6.45, 7) is 5.90. The molecule has 0 saturated heterocycles. The van der Waals surface area contributed by atoms with E-state index in [1.165, 1.54) is 0 Å². The summed E-state index contributed by atoms with van der Waals surface area (Å²) >= 11 is 6.04. The third kappa shape index (κ3) is 4.44. The standard InChI is InChI=1S/C13H21ClN2O/c1-13(2,9-15)6-7-16-10-4-5-12(17-3)11(14)8-10/h4-5,8,16H,6-7,9,15H2,1-3H3. The first-order valence-corrected chi connectivity index (χ1v) is 6.14. The molecule has 0 saturated carbocycles. The Morgan fingerprint density at radius 3 is 2.65 bits per heavy atom. The van der Waals surface area contributed by atoms with Gasteiger partial charge in [0, 0.05) is 12.2 Å². The van der Waals surface area contributed by atoms with Gasteiger partial charge in [-0.15, -0.1) is 0 Å². The van der Waals surface area contributed by atoms with Gasteiger partial charge in [-0.3, -0.25) is 0 Å². The van der Waals surface area contributed by atoms with Gasteiger partial charge in [-0.05, 0) is 36.6 Å². The lowest BCUT2D eigenvalue weighted by Crippen LogP contribution is -2.26. The molecule has 1 aromatic rings. The summed E-state index contributed by atoms with van der Waals surface area (Å²) in [5.41, 5.74) is 6.86. The highest BCUT2D eigenvalue weighted by molar-refractivity contribution is 6.32. The Bertz CT molecular complexity index is 366. The molecule has 17 heavy (non-hydrogen) atoms. The van der Waals surface area contributed by atoms with Crippen molar-refractivity contribution in [2.45, 2.75) is 20.3 Å². The van der Waals surface area contributed by atoms with E-state index in [0.717, 1.165) is 18.7 Å². The Labute approximate surface area is 108 Å². The van der Waals surface area contributed by atoms with Crippen molar-refractivity contribution < 1.29 is 4.74 Å². The van der Waals surface area contributed by atoms with Crippen LogP contribution in [0.2, 0.25) is 5.02 Å². The molecular formula is C13H21ClN2O. The lowest BCUT2D eigenvalue weighted by molar-refractivity contribution is 0.358. The maximum absolute atomic E-state index is 6.04. The minimum atomic E-state index is 0.170. The first kappa shape index (κ1) is 14.1. The molecule has 0 radical (unpaired) electrons. The maximum Gasteiger partial charge on any atom is 0.137 e. The Balaban J connectivity index is 2.50. The van der Waals surface area contributed by atoms with E-state index in [-0.39, 0.29) is 5.41 Å². The number of benzene rings is 1. The van der Waals surface area contributed by atoms with Crippen LogP contribution >= 0.6 is 11.6 Å². The maximum atomic E-state index is 6.04. The van der Waals surface area contributed by atoms with Gasteiger partial charge in [0.15, 0.2) is 0 Å². The number of anilines is 1. The van der Waals surface area contributed by atoms with Gasteiger partial charge in [0.05, 0.1) is 12.1 Å². The van der Waals surface area contributed by atoms with Crippen LogP contribution in [0, 0.1) is 5.41 Å². The minimum Gasteiger partial charge on any atom is -0.495 e. The average Bonchev–Trinajstić information content (AvgIpc) is 2.29. The molecule has 0 spiro atoms. The highest BCUT2D eigenvalue weighted by Crippen LogP contribution is 2.27. The summed E-state index contributed by atoms with van der Waals surface area (Å²) in [5.74, 6) is 0.694. The van der Waals surface area contributed by atoms with Crippen molar-refractivity contribution in [2.75, 3.05) is 25.5 Å². The van der Waals surface area contributed by atoms with Gasteiger partial charge in [-0.2, -0.15) is 0 Å². The molecule has 1 aromatic carbocycles. The molecule has 0 aliphatic heterocycles. The van der Waals surface area contributed by atoms with E-state index in [1.54, 1.807) is 7.11 Å². The molecule has 0 atom stereocenters. The van der Waals surface area contributed by atoms with Gasteiger partial charge >= 0.3 is 0 Å². The number of nitrogens with two attached hydrogens (primary N) is 1. The quantitative estimate of drug-likeness (QED) is 0.822. The van der Waals surface area contributed by atoms with E-state index in [2.05, 4.69) is 19.2 Å². The summed E-state index contributed by atoms with van der Waals surface area (Å²) in [6.07, 6.45) is 1.02. The molecule has 0 bridgehead atoms. The van der Waals surface area contributed by atoms with Gasteiger partial charge in [0.25, 0.3) is 0 Å². The normalized spacial score (nSPS) is 11.4. The summed E-state index contributed by atoms with van der Waals surface area (Å²) in [7, 11) is 1.61. The number of halogens is 1. The van der Waals surface area contributed by atoms with Gasteiger partial charge in [0.1, 0.15) is 5.75 Å². The second-order valence-corrected chi connectivity index (χ2v) is 5.30.